The van der Waals surface area contributed by atoms with E-state index in [9.17, 15) is 4.79 Å². The van der Waals surface area contributed by atoms with E-state index in [4.69, 9.17) is 23.2 Å². The van der Waals surface area contributed by atoms with Crippen LogP contribution in [0.1, 0.15) is 5.56 Å². The average Bonchev–Trinajstić information content (AvgIpc) is 2.43. The largest absolute Gasteiger partial charge is 0.321 e. The Balaban J connectivity index is 2.06. The van der Waals surface area contributed by atoms with Crippen LogP contribution in [0.4, 0.5) is 5.69 Å². The first kappa shape index (κ1) is 13.7. The first-order valence-electron chi connectivity index (χ1n) is 5.65. The van der Waals surface area contributed by atoms with Crippen LogP contribution in [0.5, 0.6) is 0 Å². The Kier molecular flexibility index (Phi) is 4.61. The minimum Gasteiger partial charge on any atom is -0.321 e. The number of hydrogen-bond acceptors (Lipinski definition) is 1. The highest BCUT2D eigenvalue weighted by Crippen LogP contribution is 2.29. The summed E-state index contributed by atoms with van der Waals surface area (Å²) in [5.74, 6) is -0.256. The quantitative estimate of drug-likeness (QED) is 0.820. The van der Waals surface area contributed by atoms with Crippen molar-refractivity contribution in [1.82, 2.24) is 0 Å². The number of anilines is 1. The van der Waals surface area contributed by atoms with E-state index in [0.717, 1.165) is 5.56 Å². The summed E-state index contributed by atoms with van der Waals surface area (Å²) in [6.45, 7) is 0. The van der Waals surface area contributed by atoms with E-state index in [-0.39, 0.29) is 5.91 Å². The lowest BCUT2D eigenvalue weighted by molar-refractivity contribution is -0.111. The molecular formula is C15H11Cl2NO. The maximum absolute atomic E-state index is 11.7. The summed E-state index contributed by atoms with van der Waals surface area (Å²) in [5, 5.41) is 3.43. The molecule has 0 aliphatic carbocycles. The van der Waals surface area contributed by atoms with Crippen LogP contribution in [0.25, 0.3) is 6.08 Å². The second-order valence-electron chi connectivity index (χ2n) is 3.83. The van der Waals surface area contributed by atoms with E-state index in [2.05, 4.69) is 5.32 Å². The van der Waals surface area contributed by atoms with E-state index in [1.165, 1.54) is 6.08 Å². The number of carbonyl (C=O) groups excluding carboxylic acids is 1. The Morgan fingerprint density at radius 1 is 1.00 bits per heavy atom. The van der Waals surface area contributed by atoms with Crippen molar-refractivity contribution in [2.45, 2.75) is 0 Å². The molecule has 2 rings (SSSR count). The molecule has 2 nitrogen and oxygen atoms in total. The SMILES string of the molecule is O=C(/C=C/c1ccccc1)Nc1cccc(Cl)c1Cl. The molecule has 0 saturated heterocycles. The molecule has 2 aromatic rings. The molecule has 1 N–H and O–H groups in total. The van der Waals surface area contributed by atoms with Crippen molar-refractivity contribution in [2.24, 2.45) is 0 Å². The topological polar surface area (TPSA) is 29.1 Å². The van der Waals surface area contributed by atoms with Gasteiger partial charge in [0.25, 0.3) is 0 Å². The molecule has 0 radical (unpaired) electrons. The zero-order valence-electron chi connectivity index (χ0n) is 9.94. The Hall–Kier alpha value is -1.77. The van der Waals surface area contributed by atoms with Crippen LogP contribution in [-0.2, 0) is 4.79 Å². The second-order valence-corrected chi connectivity index (χ2v) is 4.62. The minimum atomic E-state index is -0.256. The van der Waals surface area contributed by atoms with Crippen LogP contribution in [-0.4, -0.2) is 5.91 Å². The van der Waals surface area contributed by atoms with Gasteiger partial charge in [-0.3, -0.25) is 4.79 Å². The normalized spacial score (nSPS) is 10.6. The van der Waals surface area contributed by atoms with Crippen molar-refractivity contribution in [3.05, 3.63) is 70.2 Å². The standard InChI is InChI=1S/C15H11Cl2NO/c16-12-7-4-8-13(15(12)17)18-14(19)10-9-11-5-2-1-3-6-11/h1-10H,(H,18,19)/b10-9+. The van der Waals surface area contributed by atoms with Gasteiger partial charge in [-0.15, -0.1) is 0 Å². The highest BCUT2D eigenvalue weighted by atomic mass is 35.5. The number of hydrogen-bond donors (Lipinski definition) is 1. The summed E-state index contributed by atoms with van der Waals surface area (Å²) in [4.78, 5) is 11.7. The smallest absolute Gasteiger partial charge is 0.248 e. The molecular weight excluding hydrogens is 281 g/mol. The molecule has 4 heteroatoms. The van der Waals surface area contributed by atoms with E-state index >= 15 is 0 Å². The first-order valence-corrected chi connectivity index (χ1v) is 6.40. The zero-order chi connectivity index (χ0) is 13.7. The van der Waals surface area contributed by atoms with Crippen LogP contribution < -0.4 is 5.32 Å². The summed E-state index contributed by atoms with van der Waals surface area (Å²) in [5.41, 5.74) is 1.45. The van der Waals surface area contributed by atoms with Gasteiger partial charge in [0.1, 0.15) is 0 Å². The van der Waals surface area contributed by atoms with Crippen LogP contribution in [0, 0.1) is 0 Å². The summed E-state index contributed by atoms with van der Waals surface area (Å²) in [6, 6.07) is 14.7. The van der Waals surface area contributed by atoms with Gasteiger partial charge in [-0.25, -0.2) is 0 Å². The van der Waals surface area contributed by atoms with Crippen molar-refractivity contribution in [3.8, 4) is 0 Å². The molecule has 0 aliphatic heterocycles. The fourth-order valence-corrected chi connectivity index (χ4v) is 1.86. The number of amides is 1. The van der Waals surface area contributed by atoms with Crippen molar-refractivity contribution >= 4 is 40.9 Å². The lowest BCUT2D eigenvalue weighted by atomic mass is 10.2. The predicted molar refractivity (Wildman–Crippen MR) is 80.6 cm³/mol. The van der Waals surface area contributed by atoms with Crippen molar-refractivity contribution in [1.29, 1.82) is 0 Å². The molecule has 19 heavy (non-hydrogen) atoms. The van der Waals surface area contributed by atoms with Crippen molar-refractivity contribution in [3.63, 3.8) is 0 Å². The monoisotopic (exact) mass is 291 g/mol. The Bertz CT molecular complexity index is 609. The lowest BCUT2D eigenvalue weighted by Crippen LogP contribution is -2.08. The molecule has 0 aliphatic rings. The van der Waals surface area contributed by atoms with E-state index < -0.39 is 0 Å². The van der Waals surface area contributed by atoms with Crippen LogP contribution in [0.15, 0.2) is 54.6 Å². The van der Waals surface area contributed by atoms with Gasteiger partial charge in [0, 0.05) is 6.08 Å². The molecule has 0 unspecified atom stereocenters. The Morgan fingerprint density at radius 3 is 2.47 bits per heavy atom. The predicted octanol–water partition coefficient (Wildman–Crippen LogP) is 4.65. The van der Waals surface area contributed by atoms with Gasteiger partial charge >= 0.3 is 0 Å². The van der Waals surface area contributed by atoms with E-state index in [1.807, 2.05) is 30.3 Å². The molecule has 2 aromatic carbocycles. The summed E-state index contributed by atoms with van der Waals surface area (Å²) < 4.78 is 0. The third-order valence-corrected chi connectivity index (χ3v) is 3.26. The van der Waals surface area contributed by atoms with Gasteiger partial charge in [0.2, 0.25) is 5.91 Å². The molecule has 0 fully saturated rings. The number of benzene rings is 2. The number of halogens is 2. The third-order valence-electron chi connectivity index (χ3n) is 2.44. The summed E-state index contributed by atoms with van der Waals surface area (Å²) in [6.07, 6.45) is 3.18. The number of rotatable bonds is 3. The first-order chi connectivity index (χ1) is 9.16. The van der Waals surface area contributed by atoms with Gasteiger partial charge in [-0.05, 0) is 23.8 Å². The van der Waals surface area contributed by atoms with Crippen molar-refractivity contribution in [2.75, 3.05) is 5.32 Å². The third kappa shape index (κ3) is 3.85. The molecule has 0 atom stereocenters. The maximum Gasteiger partial charge on any atom is 0.248 e. The minimum absolute atomic E-state index is 0.256. The fourth-order valence-electron chi connectivity index (χ4n) is 1.51. The molecule has 0 bridgehead atoms. The maximum atomic E-state index is 11.7. The number of nitrogens with one attached hydrogen (secondary N) is 1. The van der Waals surface area contributed by atoms with Crippen LogP contribution in [0.2, 0.25) is 10.0 Å². The van der Waals surface area contributed by atoms with Crippen LogP contribution >= 0.6 is 23.2 Å². The lowest BCUT2D eigenvalue weighted by Gasteiger charge is -2.05. The molecule has 0 saturated carbocycles. The second kappa shape index (κ2) is 6.41. The van der Waals surface area contributed by atoms with Gasteiger partial charge in [0.05, 0.1) is 15.7 Å². The molecule has 0 aromatic heterocycles. The average molecular weight is 292 g/mol. The van der Waals surface area contributed by atoms with Crippen molar-refractivity contribution < 1.29 is 4.79 Å². The molecule has 0 spiro atoms. The van der Waals surface area contributed by atoms with Gasteiger partial charge in [0.15, 0.2) is 0 Å². The fraction of sp³-hybridized carbons (Fsp3) is 0. The van der Waals surface area contributed by atoms with Gasteiger partial charge in [-0.1, -0.05) is 59.6 Å². The van der Waals surface area contributed by atoms with Crippen LogP contribution in [0.3, 0.4) is 0 Å². The highest BCUT2D eigenvalue weighted by Gasteiger charge is 2.05. The molecule has 0 heterocycles. The number of carbonyl (C=O) groups is 1. The molecule has 1 amide bonds. The van der Waals surface area contributed by atoms with Gasteiger partial charge in [-0.2, -0.15) is 0 Å². The van der Waals surface area contributed by atoms with E-state index in [0.29, 0.717) is 15.7 Å². The zero-order valence-corrected chi connectivity index (χ0v) is 11.4. The Morgan fingerprint density at radius 2 is 1.74 bits per heavy atom. The highest BCUT2D eigenvalue weighted by molar-refractivity contribution is 6.44. The molecule has 96 valence electrons. The summed E-state index contributed by atoms with van der Waals surface area (Å²) in [7, 11) is 0. The van der Waals surface area contributed by atoms with Gasteiger partial charge < -0.3 is 5.32 Å². The van der Waals surface area contributed by atoms with E-state index in [1.54, 1.807) is 24.3 Å². The Labute approximate surface area is 121 Å². The summed E-state index contributed by atoms with van der Waals surface area (Å²) >= 11 is 11.9.